The molecule has 0 radical (unpaired) electrons. The van der Waals surface area contributed by atoms with E-state index in [-0.39, 0.29) is 17.9 Å². The standard InChI is InChI=1S/C46H46O7/c1-29(2)37-22-19-30-13-15-33(16-14-30)27-35(18-17-32-11-8-12-34(26-32)25-31-9-6-5-7-10-31)28-40(48)51-43-41-38(53-46(3,4)44(43)52-45(37)49)23-20-36-21-24-39(47)50-42(36)41/h5-16,20-21,23-24,26,35,43-44H,17-19,22,25,27-28H2,1-4H3/t35-,43+,44+/m1/s1. The van der Waals surface area contributed by atoms with Crippen LogP contribution in [0.5, 0.6) is 5.75 Å². The molecule has 4 aromatic carbocycles. The number of hydrogen-bond donors (Lipinski definition) is 0. The lowest BCUT2D eigenvalue weighted by Crippen LogP contribution is -2.52. The van der Waals surface area contributed by atoms with Crippen molar-refractivity contribution >= 4 is 22.9 Å². The van der Waals surface area contributed by atoms with Gasteiger partial charge in [0.05, 0.1) is 5.56 Å². The number of hydrogen-bond acceptors (Lipinski definition) is 7. The van der Waals surface area contributed by atoms with E-state index in [2.05, 4.69) is 72.8 Å². The maximum atomic E-state index is 14.2. The molecule has 3 aliphatic rings. The fraction of sp³-hybridized carbons (Fsp3) is 0.326. The first kappa shape index (κ1) is 36.0. The predicted molar refractivity (Wildman–Crippen MR) is 205 cm³/mol. The summed E-state index contributed by atoms with van der Waals surface area (Å²) >= 11 is 0. The Morgan fingerprint density at radius 1 is 0.736 bits per heavy atom. The number of fused-ring (bicyclic) bond motifs is 13. The topological polar surface area (TPSA) is 92.0 Å². The van der Waals surface area contributed by atoms with Crippen LogP contribution >= 0.6 is 0 Å². The van der Waals surface area contributed by atoms with E-state index in [0.29, 0.717) is 41.5 Å². The molecule has 0 unspecified atom stereocenters. The number of allylic oxidation sites excluding steroid dienone is 1. The molecule has 3 atom stereocenters. The Morgan fingerprint density at radius 2 is 1.45 bits per heavy atom. The van der Waals surface area contributed by atoms with E-state index in [1.54, 1.807) is 18.2 Å². The summed E-state index contributed by atoms with van der Waals surface area (Å²) in [5, 5.41) is 0.639. The number of carbonyl (C=O) groups excluding carboxylic acids is 2. The normalized spacial score (nSPS) is 20.2. The molecule has 0 aliphatic carbocycles. The van der Waals surface area contributed by atoms with Crippen LogP contribution in [0.1, 0.15) is 86.4 Å². The molecule has 0 fully saturated rings. The summed E-state index contributed by atoms with van der Waals surface area (Å²) in [6, 6.07) is 34.2. The van der Waals surface area contributed by atoms with Gasteiger partial charge in [0.15, 0.2) is 12.2 Å². The van der Waals surface area contributed by atoms with Crippen molar-refractivity contribution in [2.75, 3.05) is 0 Å². The third-order valence-electron chi connectivity index (χ3n) is 10.5. The number of benzene rings is 4. The Hall–Kier alpha value is -5.43. The van der Waals surface area contributed by atoms with Gasteiger partial charge in [0.2, 0.25) is 0 Å². The summed E-state index contributed by atoms with van der Waals surface area (Å²) in [6.45, 7) is 7.43. The molecule has 3 aliphatic heterocycles. The molecule has 0 spiro atoms. The van der Waals surface area contributed by atoms with Crippen LogP contribution in [0.25, 0.3) is 11.0 Å². The van der Waals surface area contributed by atoms with E-state index < -0.39 is 35.4 Å². The second-order valence-corrected chi connectivity index (χ2v) is 15.2. The molecule has 5 aromatic rings. The van der Waals surface area contributed by atoms with Gasteiger partial charge in [-0.3, -0.25) is 4.79 Å². The van der Waals surface area contributed by atoms with Crippen LogP contribution in [-0.2, 0) is 44.7 Å². The second kappa shape index (κ2) is 15.3. The summed E-state index contributed by atoms with van der Waals surface area (Å²) in [5.41, 5.74) is 6.39. The van der Waals surface area contributed by atoms with Gasteiger partial charge in [0.1, 0.15) is 16.9 Å². The molecule has 2 bridgehead atoms. The van der Waals surface area contributed by atoms with Crippen molar-refractivity contribution in [2.45, 2.75) is 90.4 Å². The minimum Gasteiger partial charge on any atom is -0.483 e. The van der Waals surface area contributed by atoms with Crippen molar-refractivity contribution < 1.29 is 28.2 Å². The lowest BCUT2D eigenvalue weighted by molar-refractivity contribution is -0.188. The molecule has 0 N–H and O–H groups in total. The largest absolute Gasteiger partial charge is 0.483 e. The molecule has 7 nitrogen and oxygen atoms in total. The quantitative estimate of drug-likeness (QED) is 0.102. The Morgan fingerprint density at radius 3 is 2.23 bits per heavy atom. The van der Waals surface area contributed by atoms with E-state index in [1.165, 1.54) is 22.8 Å². The average molecular weight is 711 g/mol. The Labute approximate surface area is 310 Å². The van der Waals surface area contributed by atoms with Crippen molar-refractivity contribution in [2.24, 2.45) is 5.92 Å². The molecular weight excluding hydrogens is 664 g/mol. The molecule has 272 valence electrons. The van der Waals surface area contributed by atoms with Crippen LogP contribution < -0.4 is 10.4 Å². The number of carbonyl (C=O) groups is 2. The van der Waals surface area contributed by atoms with Gasteiger partial charge in [-0.25, -0.2) is 9.59 Å². The molecule has 4 heterocycles. The SMILES string of the molecule is CC(C)=C1CCc2ccc(cc2)C[C@@H](CCc2cccc(Cc3ccccc3)c2)CC(=O)O[C@H]2c3c(ccc4ccc(=O)oc34)OC(C)(C)[C@H]2OC1=O. The highest BCUT2D eigenvalue weighted by Crippen LogP contribution is 2.47. The zero-order chi connectivity index (χ0) is 37.1. The first-order valence-electron chi connectivity index (χ1n) is 18.5. The number of rotatable bonds is 5. The van der Waals surface area contributed by atoms with Crippen LogP contribution in [0.3, 0.4) is 0 Å². The zero-order valence-electron chi connectivity index (χ0n) is 30.9. The van der Waals surface area contributed by atoms with Crippen LogP contribution in [-0.4, -0.2) is 23.6 Å². The minimum absolute atomic E-state index is 0.0323. The van der Waals surface area contributed by atoms with Crippen molar-refractivity contribution in [3.05, 3.63) is 158 Å². The summed E-state index contributed by atoms with van der Waals surface area (Å²) in [4.78, 5) is 40.8. The van der Waals surface area contributed by atoms with Crippen molar-refractivity contribution in [3.63, 3.8) is 0 Å². The van der Waals surface area contributed by atoms with Crippen LogP contribution in [0, 0.1) is 5.92 Å². The average Bonchev–Trinajstić information content (AvgIpc) is 3.12. The molecule has 8 rings (SSSR count). The van der Waals surface area contributed by atoms with Gasteiger partial charge in [0, 0.05) is 23.4 Å². The van der Waals surface area contributed by atoms with Gasteiger partial charge in [-0.2, -0.15) is 0 Å². The Balaban J connectivity index is 1.23. The lowest BCUT2D eigenvalue weighted by atomic mass is 9.86. The molecule has 0 saturated carbocycles. The predicted octanol–water partition coefficient (Wildman–Crippen LogP) is 9.22. The monoisotopic (exact) mass is 710 g/mol. The summed E-state index contributed by atoms with van der Waals surface area (Å²) in [5.74, 6) is -0.543. The van der Waals surface area contributed by atoms with Crippen molar-refractivity contribution in [3.8, 4) is 5.75 Å². The first-order valence-corrected chi connectivity index (χ1v) is 18.5. The van der Waals surface area contributed by atoms with E-state index in [4.69, 9.17) is 18.6 Å². The smallest absolute Gasteiger partial charge is 0.336 e. The van der Waals surface area contributed by atoms with Gasteiger partial charge >= 0.3 is 17.6 Å². The molecule has 53 heavy (non-hydrogen) atoms. The third-order valence-corrected chi connectivity index (χ3v) is 10.5. The summed E-state index contributed by atoms with van der Waals surface area (Å²) in [6.07, 6.45) is 2.30. The van der Waals surface area contributed by atoms with E-state index in [1.807, 2.05) is 33.8 Å². The zero-order valence-corrected chi connectivity index (χ0v) is 30.9. The minimum atomic E-state index is -1.09. The number of ether oxygens (including phenoxy) is 3. The number of esters is 2. The molecule has 1 aromatic heterocycles. The van der Waals surface area contributed by atoms with Crippen molar-refractivity contribution in [1.29, 1.82) is 0 Å². The maximum Gasteiger partial charge on any atom is 0.336 e. The lowest BCUT2D eigenvalue weighted by Gasteiger charge is -2.43. The molecule has 7 heteroatoms. The summed E-state index contributed by atoms with van der Waals surface area (Å²) < 4.78 is 24.9. The van der Waals surface area contributed by atoms with E-state index in [0.717, 1.165) is 36.0 Å². The second-order valence-electron chi connectivity index (χ2n) is 15.2. The fourth-order valence-corrected chi connectivity index (χ4v) is 7.66. The van der Waals surface area contributed by atoms with Gasteiger partial charge in [-0.05, 0) is 118 Å². The molecular formula is C46H46O7. The first-order chi connectivity index (χ1) is 25.5. The molecule has 0 saturated heterocycles. The van der Waals surface area contributed by atoms with Gasteiger partial charge in [-0.15, -0.1) is 0 Å². The fourth-order valence-electron chi connectivity index (χ4n) is 7.66. The highest BCUT2D eigenvalue weighted by Gasteiger charge is 2.50. The Bertz CT molecular complexity index is 2210. The summed E-state index contributed by atoms with van der Waals surface area (Å²) in [7, 11) is 0. The van der Waals surface area contributed by atoms with Crippen LogP contribution in [0.4, 0.5) is 0 Å². The van der Waals surface area contributed by atoms with Crippen LogP contribution in [0.2, 0.25) is 0 Å². The van der Waals surface area contributed by atoms with Crippen molar-refractivity contribution in [1.82, 2.24) is 0 Å². The van der Waals surface area contributed by atoms with Gasteiger partial charge in [0.25, 0.3) is 0 Å². The van der Waals surface area contributed by atoms with Gasteiger partial charge in [-0.1, -0.05) is 84.4 Å². The third kappa shape index (κ3) is 8.30. The molecule has 0 amide bonds. The van der Waals surface area contributed by atoms with Crippen LogP contribution in [0.15, 0.2) is 123 Å². The van der Waals surface area contributed by atoms with E-state index in [9.17, 15) is 14.4 Å². The highest BCUT2D eigenvalue weighted by molar-refractivity contribution is 5.90. The highest BCUT2D eigenvalue weighted by atomic mass is 16.6. The number of aryl methyl sites for hydroxylation is 2. The van der Waals surface area contributed by atoms with E-state index >= 15 is 0 Å². The maximum absolute atomic E-state index is 14.2. The van der Waals surface area contributed by atoms with Gasteiger partial charge < -0.3 is 18.6 Å². The Kier molecular flexibility index (Phi) is 10.4.